The van der Waals surface area contributed by atoms with E-state index in [1.165, 1.54) is 0 Å². The van der Waals surface area contributed by atoms with Gasteiger partial charge in [-0.05, 0) is 29.8 Å². The van der Waals surface area contributed by atoms with E-state index in [1.807, 2.05) is 81.9 Å². The fraction of sp³-hybridized carbons (Fsp3) is 0.174. The molecular weight excluding hydrogens is 386 g/mol. The van der Waals surface area contributed by atoms with Crippen LogP contribution in [0.5, 0.6) is 5.75 Å². The standard InChI is InChI=1S/C23H23N3O2.ClH/c24-23-25(15-18-9-3-1-4-10-18)21-13-7-8-14-22(21)26(23)16-19(27)17-28-20-11-5-2-6-12-20;/h1-14,19,24,27H,15-17H2;1H/p-1. The average molecular weight is 409 g/mol. The van der Waals surface area contributed by atoms with E-state index in [0.29, 0.717) is 18.7 Å². The number of para-hydroxylation sites is 3. The van der Waals surface area contributed by atoms with Crippen molar-refractivity contribution in [3.8, 4) is 5.75 Å². The van der Waals surface area contributed by atoms with Gasteiger partial charge in [-0.1, -0.05) is 60.7 Å². The van der Waals surface area contributed by atoms with Crippen molar-refractivity contribution in [2.75, 3.05) is 6.61 Å². The van der Waals surface area contributed by atoms with Crippen LogP contribution in [0, 0.1) is 5.41 Å². The molecule has 1 atom stereocenters. The van der Waals surface area contributed by atoms with E-state index in [4.69, 9.17) is 10.1 Å². The summed E-state index contributed by atoms with van der Waals surface area (Å²) in [6.07, 6.45) is -0.717. The molecule has 0 aliphatic rings. The van der Waals surface area contributed by atoms with Crippen LogP contribution >= 0.6 is 0 Å². The predicted molar refractivity (Wildman–Crippen MR) is 109 cm³/mol. The predicted octanol–water partition coefficient (Wildman–Crippen LogP) is 0.414. The second-order valence-electron chi connectivity index (χ2n) is 6.77. The first kappa shape index (κ1) is 20.7. The van der Waals surface area contributed by atoms with Gasteiger partial charge in [0.1, 0.15) is 18.5 Å². The molecule has 6 heteroatoms. The Bertz CT molecular complexity index is 1110. The summed E-state index contributed by atoms with van der Waals surface area (Å²) >= 11 is 0. The van der Waals surface area contributed by atoms with Crippen LogP contribution in [-0.4, -0.2) is 27.0 Å². The van der Waals surface area contributed by atoms with Gasteiger partial charge in [0.25, 0.3) is 0 Å². The molecule has 0 amide bonds. The van der Waals surface area contributed by atoms with Crippen molar-refractivity contribution in [3.63, 3.8) is 0 Å². The summed E-state index contributed by atoms with van der Waals surface area (Å²) in [6.45, 7) is 1.09. The molecule has 0 saturated carbocycles. The smallest absolute Gasteiger partial charge is 0.203 e. The minimum Gasteiger partial charge on any atom is -1.00 e. The number of benzene rings is 3. The Morgan fingerprint density at radius 1 is 0.793 bits per heavy atom. The number of fused-ring (bicyclic) bond motifs is 1. The van der Waals surface area contributed by atoms with Gasteiger partial charge in [-0.2, -0.15) is 0 Å². The maximum absolute atomic E-state index is 10.5. The molecule has 4 aromatic rings. The summed E-state index contributed by atoms with van der Waals surface area (Å²) in [7, 11) is 0. The lowest BCUT2D eigenvalue weighted by atomic mass is 10.2. The molecule has 2 N–H and O–H groups in total. The SMILES string of the molecule is N=c1n(Cc2ccccc2)c2ccccc2n1CC(O)COc1ccccc1.[Cl-]. The number of aliphatic hydroxyl groups excluding tert-OH is 1. The first-order chi connectivity index (χ1) is 13.7. The van der Waals surface area contributed by atoms with Crippen molar-refractivity contribution in [1.29, 1.82) is 5.41 Å². The van der Waals surface area contributed by atoms with Gasteiger partial charge in [-0.25, -0.2) is 0 Å². The Labute approximate surface area is 175 Å². The lowest BCUT2D eigenvalue weighted by Crippen LogP contribution is -3.00. The Hall–Kier alpha value is -3.02. The summed E-state index contributed by atoms with van der Waals surface area (Å²) in [5, 5.41) is 19.2. The van der Waals surface area contributed by atoms with Crippen molar-refractivity contribution in [3.05, 3.63) is 96.1 Å². The van der Waals surface area contributed by atoms with Crippen molar-refractivity contribution in [2.24, 2.45) is 0 Å². The lowest BCUT2D eigenvalue weighted by Gasteiger charge is -2.13. The van der Waals surface area contributed by atoms with Gasteiger partial charge in [0.05, 0.1) is 24.1 Å². The topological polar surface area (TPSA) is 63.2 Å². The molecule has 150 valence electrons. The van der Waals surface area contributed by atoms with E-state index >= 15 is 0 Å². The van der Waals surface area contributed by atoms with E-state index in [-0.39, 0.29) is 19.0 Å². The number of ether oxygens (including phenoxy) is 1. The lowest BCUT2D eigenvalue weighted by molar-refractivity contribution is -0.00000783. The van der Waals surface area contributed by atoms with Crippen molar-refractivity contribution in [2.45, 2.75) is 19.2 Å². The van der Waals surface area contributed by atoms with E-state index in [1.54, 1.807) is 0 Å². The minimum absolute atomic E-state index is 0. The number of imidazole rings is 1. The fourth-order valence-corrected chi connectivity index (χ4v) is 3.38. The van der Waals surface area contributed by atoms with Crippen LogP contribution in [0.15, 0.2) is 84.9 Å². The monoisotopic (exact) mass is 408 g/mol. The first-order valence-corrected chi connectivity index (χ1v) is 9.35. The second kappa shape index (κ2) is 9.45. The highest BCUT2D eigenvalue weighted by Crippen LogP contribution is 2.15. The maximum Gasteiger partial charge on any atom is 0.203 e. The number of aromatic nitrogens is 2. The Morgan fingerprint density at radius 2 is 1.34 bits per heavy atom. The third-order valence-electron chi connectivity index (χ3n) is 4.74. The number of hydrogen-bond donors (Lipinski definition) is 2. The molecule has 4 rings (SSSR count). The van der Waals surface area contributed by atoms with E-state index < -0.39 is 6.10 Å². The van der Waals surface area contributed by atoms with Gasteiger partial charge in [0.15, 0.2) is 0 Å². The zero-order valence-corrected chi connectivity index (χ0v) is 16.7. The molecule has 1 unspecified atom stereocenters. The summed E-state index contributed by atoms with van der Waals surface area (Å²) < 4.78 is 9.48. The summed E-state index contributed by atoms with van der Waals surface area (Å²) in [6, 6.07) is 27.5. The highest BCUT2D eigenvalue weighted by molar-refractivity contribution is 5.76. The molecule has 1 heterocycles. The van der Waals surface area contributed by atoms with Crippen LogP contribution in [0.25, 0.3) is 11.0 Å². The Balaban J connectivity index is 0.00000240. The zero-order chi connectivity index (χ0) is 19.3. The van der Waals surface area contributed by atoms with E-state index in [9.17, 15) is 5.11 Å². The van der Waals surface area contributed by atoms with E-state index in [0.717, 1.165) is 22.3 Å². The summed E-state index contributed by atoms with van der Waals surface area (Å²) in [5.41, 5.74) is 3.41. The van der Waals surface area contributed by atoms with Crippen LogP contribution < -0.4 is 22.8 Å². The van der Waals surface area contributed by atoms with Crippen molar-refractivity contribution >= 4 is 11.0 Å². The van der Waals surface area contributed by atoms with Gasteiger partial charge in [-0.15, -0.1) is 0 Å². The fourth-order valence-electron chi connectivity index (χ4n) is 3.38. The normalized spacial score (nSPS) is 11.8. The second-order valence-corrected chi connectivity index (χ2v) is 6.77. The quantitative estimate of drug-likeness (QED) is 0.465. The van der Waals surface area contributed by atoms with Gasteiger partial charge in [-0.3, -0.25) is 5.41 Å². The Kier molecular flexibility index (Phi) is 6.75. The van der Waals surface area contributed by atoms with Crippen LogP contribution in [0.2, 0.25) is 0 Å². The van der Waals surface area contributed by atoms with Crippen molar-refractivity contribution in [1.82, 2.24) is 9.13 Å². The number of halogens is 1. The van der Waals surface area contributed by atoms with Crippen LogP contribution in [-0.2, 0) is 13.1 Å². The third kappa shape index (κ3) is 4.70. The molecule has 3 aromatic carbocycles. The summed E-state index contributed by atoms with van der Waals surface area (Å²) in [4.78, 5) is 0. The molecule has 0 spiro atoms. The van der Waals surface area contributed by atoms with Gasteiger partial charge < -0.3 is 31.4 Å². The maximum atomic E-state index is 10.5. The van der Waals surface area contributed by atoms with Gasteiger partial charge in [0.2, 0.25) is 5.62 Å². The zero-order valence-electron chi connectivity index (χ0n) is 15.9. The first-order valence-electron chi connectivity index (χ1n) is 9.35. The largest absolute Gasteiger partial charge is 1.00 e. The molecule has 29 heavy (non-hydrogen) atoms. The van der Waals surface area contributed by atoms with Gasteiger partial charge >= 0.3 is 0 Å². The van der Waals surface area contributed by atoms with Crippen LogP contribution in [0.1, 0.15) is 5.56 Å². The number of aliphatic hydroxyl groups is 1. The molecule has 0 saturated heterocycles. The van der Waals surface area contributed by atoms with E-state index in [2.05, 4.69) is 12.1 Å². The molecule has 0 fully saturated rings. The van der Waals surface area contributed by atoms with Crippen molar-refractivity contribution < 1.29 is 22.3 Å². The highest BCUT2D eigenvalue weighted by Gasteiger charge is 2.14. The van der Waals surface area contributed by atoms with Crippen LogP contribution in [0.3, 0.4) is 0 Å². The molecule has 0 aliphatic heterocycles. The van der Waals surface area contributed by atoms with Crippen LogP contribution in [0.4, 0.5) is 0 Å². The Morgan fingerprint density at radius 3 is 2.00 bits per heavy atom. The molecule has 0 radical (unpaired) electrons. The number of hydrogen-bond acceptors (Lipinski definition) is 3. The summed E-state index contributed by atoms with van der Waals surface area (Å²) in [5.74, 6) is 0.726. The minimum atomic E-state index is -0.717. The molecule has 0 aliphatic carbocycles. The molecule has 5 nitrogen and oxygen atoms in total. The number of nitrogens with zero attached hydrogens (tertiary/aromatic N) is 2. The highest BCUT2D eigenvalue weighted by atomic mass is 35.5. The average Bonchev–Trinajstić information content (AvgIpc) is 3.00. The van der Waals surface area contributed by atoms with Gasteiger partial charge in [0, 0.05) is 0 Å². The third-order valence-corrected chi connectivity index (χ3v) is 4.74. The molecular formula is C23H23ClN3O2-. The molecule has 1 aromatic heterocycles. The molecule has 0 bridgehead atoms. The number of nitrogens with one attached hydrogen (secondary N) is 1. The number of rotatable bonds is 7.